The minimum atomic E-state index is 0.628. The van der Waals surface area contributed by atoms with Crippen molar-refractivity contribution >= 4 is 97.6 Å². The first-order valence-electron chi connectivity index (χ1n) is 23.9. The van der Waals surface area contributed by atoms with E-state index < -0.39 is 0 Å². The van der Waals surface area contributed by atoms with Crippen molar-refractivity contribution in [3.05, 3.63) is 231 Å². The van der Waals surface area contributed by atoms with Gasteiger partial charge in [-0.3, -0.25) is 9.13 Å². The van der Waals surface area contributed by atoms with Crippen LogP contribution in [0.15, 0.2) is 231 Å². The zero-order valence-electron chi connectivity index (χ0n) is 38.0. The van der Waals surface area contributed by atoms with Gasteiger partial charge in [0.05, 0.1) is 49.2 Å². The molecule has 0 aliphatic carbocycles. The first-order chi connectivity index (χ1) is 35.2. The van der Waals surface area contributed by atoms with Crippen LogP contribution in [-0.2, 0) is 0 Å². The normalized spacial score (nSPS) is 11.9. The Morgan fingerprint density at radius 2 is 0.915 bits per heavy atom. The van der Waals surface area contributed by atoms with Crippen LogP contribution in [0.25, 0.3) is 142 Å². The fourth-order valence-corrected chi connectivity index (χ4v) is 12.0. The molecular weight excluding hydrogens is 885 g/mol. The number of para-hydroxylation sites is 2. The monoisotopic (exact) mass is 922 g/mol. The standard InChI is InChI=1S/C64H38N6S/c1-4-18-40(19-5-1)57-38-53-62(71-57)60(42-22-8-3-9-23-42)68-64(66-53)70-55-34-31-39-17-12-13-26-46(39)58(55)49-29-16-28-47(61(49)70)45-32-33-54-50(36-45)51-35-43-24-10-11-25-44(43)37-56(51)69(54)63-65-52-30-15-14-27-48(52)59(67-63)41-20-6-2-7-21-41/h1-38H. The summed E-state index contributed by atoms with van der Waals surface area (Å²) in [6.07, 6.45) is 0. The van der Waals surface area contributed by atoms with Gasteiger partial charge >= 0.3 is 0 Å². The summed E-state index contributed by atoms with van der Waals surface area (Å²) in [6.45, 7) is 0. The van der Waals surface area contributed by atoms with Gasteiger partial charge in [-0.25, -0.2) is 19.9 Å². The molecule has 0 bridgehead atoms. The second-order valence-corrected chi connectivity index (χ2v) is 19.2. The molecule has 15 rings (SSSR count). The molecule has 0 aliphatic heterocycles. The van der Waals surface area contributed by atoms with Crippen molar-refractivity contribution in [3.8, 4) is 56.0 Å². The van der Waals surface area contributed by atoms with E-state index in [2.05, 4.69) is 234 Å². The Labute approximate surface area is 411 Å². The van der Waals surface area contributed by atoms with Crippen molar-refractivity contribution in [2.45, 2.75) is 0 Å². The Morgan fingerprint density at radius 3 is 1.70 bits per heavy atom. The number of rotatable bonds is 6. The molecule has 5 heterocycles. The predicted molar refractivity (Wildman–Crippen MR) is 296 cm³/mol. The van der Waals surface area contributed by atoms with E-state index in [1.165, 1.54) is 21.5 Å². The predicted octanol–water partition coefficient (Wildman–Crippen LogP) is 16.8. The highest BCUT2D eigenvalue weighted by Gasteiger charge is 2.24. The Balaban J connectivity index is 1.02. The second kappa shape index (κ2) is 15.6. The summed E-state index contributed by atoms with van der Waals surface area (Å²) in [5.74, 6) is 1.26. The van der Waals surface area contributed by atoms with Crippen LogP contribution in [0.4, 0.5) is 0 Å². The lowest BCUT2D eigenvalue weighted by molar-refractivity contribution is 1.01. The summed E-state index contributed by atoms with van der Waals surface area (Å²) in [5.41, 5.74) is 13.2. The zero-order chi connectivity index (χ0) is 46.6. The van der Waals surface area contributed by atoms with Crippen LogP contribution >= 0.6 is 11.3 Å². The zero-order valence-corrected chi connectivity index (χ0v) is 38.8. The summed E-state index contributed by atoms with van der Waals surface area (Å²) in [7, 11) is 0. The summed E-state index contributed by atoms with van der Waals surface area (Å²) < 4.78 is 5.63. The third kappa shape index (κ3) is 6.20. The van der Waals surface area contributed by atoms with Gasteiger partial charge in [0.2, 0.25) is 11.9 Å². The minimum absolute atomic E-state index is 0.628. The molecule has 15 aromatic rings. The molecule has 0 aliphatic rings. The van der Waals surface area contributed by atoms with Crippen LogP contribution in [0.2, 0.25) is 0 Å². The third-order valence-electron chi connectivity index (χ3n) is 14.1. The highest BCUT2D eigenvalue weighted by molar-refractivity contribution is 7.22. The largest absolute Gasteiger partial charge is 0.278 e. The van der Waals surface area contributed by atoms with Gasteiger partial charge in [0.25, 0.3) is 0 Å². The summed E-state index contributed by atoms with van der Waals surface area (Å²) in [4.78, 5) is 23.0. The molecule has 6 nitrogen and oxygen atoms in total. The van der Waals surface area contributed by atoms with E-state index in [4.69, 9.17) is 19.9 Å². The molecule has 0 saturated heterocycles. The van der Waals surface area contributed by atoms with E-state index in [1.54, 1.807) is 11.3 Å². The molecule has 10 aromatic carbocycles. The summed E-state index contributed by atoms with van der Waals surface area (Å²) >= 11 is 1.74. The number of hydrogen-bond acceptors (Lipinski definition) is 5. The van der Waals surface area contributed by atoms with Gasteiger partial charge in [-0.2, -0.15) is 0 Å². The molecule has 7 heteroatoms. The average molecular weight is 923 g/mol. The highest BCUT2D eigenvalue weighted by Crippen LogP contribution is 2.45. The van der Waals surface area contributed by atoms with Gasteiger partial charge in [-0.1, -0.05) is 188 Å². The Hall–Kier alpha value is -9.30. The maximum absolute atomic E-state index is 5.59. The number of hydrogen-bond donors (Lipinski definition) is 0. The van der Waals surface area contributed by atoms with E-state index in [1.807, 2.05) is 6.07 Å². The SMILES string of the molecule is c1ccc(-c2cc3nc(-n4c5ccc6ccccc6c5c5cccc(-c6ccc7c(c6)c6cc8ccccc8cc6n7-c6nc(-c7ccccc7)c7ccccc7n6)c54)nc(-c4ccccc4)c3s2)cc1. The molecule has 71 heavy (non-hydrogen) atoms. The van der Waals surface area contributed by atoms with Gasteiger partial charge in [0, 0.05) is 48.5 Å². The number of thiophene rings is 1. The number of nitrogens with zero attached hydrogens (tertiary/aromatic N) is 6. The molecule has 0 unspecified atom stereocenters. The topological polar surface area (TPSA) is 61.4 Å². The van der Waals surface area contributed by atoms with Crippen LogP contribution < -0.4 is 0 Å². The maximum Gasteiger partial charge on any atom is 0.235 e. The molecule has 0 fully saturated rings. The van der Waals surface area contributed by atoms with E-state index in [-0.39, 0.29) is 0 Å². The van der Waals surface area contributed by atoms with Gasteiger partial charge in [-0.05, 0) is 75.1 Å². The summed E-state index contributed by atoms with van der Waals surface area (Å²) in [6, 6.07) is 82.1. The second-order valence-electron chi connectivity index (χ2n) is 18.2. The van der Waals surface area contributed by atoms with E-state index >= 15 is 0 Å². The van der Waals surface area contributed by atoms with Gasteiger partial charge < -0.3 is 0 Å². The molecule has 0 spiro atoms. The fraction of sp³-hybridized carbons (Fsp3) is 0. The van der Waals surface area contributed by atoms with Crippen molar-refractivity contribution in [1.82, 2.24) is 29.1 Å². The van der Waals surface area contributed by atoms with Crippen molar-refractivity contribution in [3.63, 3.8) is 0 Å². The van der Waals surface area contributed by atoms with Gasteiger partial charge in [-0.15, -0.1) is 11.3 Å². The maximum atomic E-state index is 5.59. The first kappa shape index (κ1) is 39.7. The number of benzene rings is 10. The lowest BCUT2D eigenvalue weighted by Gasteiger charge is -2.13. The van der Waals surface area contributed by atoms with E-state index in [0.29, 0.717) is 11.9 Å². The van der Waals surface area contributed by atoms with Gasteiger partial charge in [0.1, 0.15) is 0 Å². The molecule has 0 N–H and O–H groups in total. The molecule has 330 valence electrons. The molecule has 0 radical (unpaired) electrons. The quantitative estimate of drug-likeness (QED) is 0.167. The van der Waals surface area contributed by atoms with Crippen molar-refractivity contribution in [2.75, 3.05) is 0 Å². The highest BCUT2D eigenvalue weighted by atomic mass is 32.1. The molecule has 5 aromatic heterocycles. The lowest BCUT2D eigenvalue weighted by atomic mass is 9.98. The van der Waals surface area contributed by atoms with Crippen molar-refractivity contribution in [1.29, 1.82) is 0 Å². The smallest absolute Gasteiger partial charge is 0.235 e. The van der Waals surface area contributed by atoms with Crippen LogP contribution in [0.5, 0.6) is 0 Å². The van der Waals surface area contributed by atoms with Crippen LogP contribution in [0.1, 0.15) is 0 Å². The van der Waals surface area contributed by atoms with E-state index in [0.717, 1.165) is 109 Å². The average Bonchev–Trinajstić information content (AvgIpc) is 4.13. The van der Waals surface area contributed by atoms with Gasteiger partial charge in [0.15, 0.2) is 0 Å². The lowest BCUT2D eigenvalue weighted by Crippen LogP contribution is -2.04. The molecule has 0 amide bonds. The first-order valence-corrected chi connectivity index (χ1v) is 24.7. The fourth-order valence-electron chi connectivity index (χ4n) is 10.9. The van der Waals surface area contributed by atoms with Crippen LogP contribution in [-0.4, -0.2) is 29.1 Å². The van der Waals surface area contributed by atoms with Crippen molar-refractivity contribution < 1.29 is 0 Å². The van der Waals surface area contributed by atoms with E-state index in [9.17, 15) is 0 Å². The Kier molecular flexibility index (Phi) is 8.73. The number of fused-ring (bicyclic) bond motifs is 11. The molecular formula is C64H38N6S. The molecule has 0 atom stereocenters. The third-order valence-corrected chi connectivity index (χ3v) is 15.3. The molecule has 0 saturated carbocycles. The Morgan fingerprint density at radius 1 is 0.324 bits per heavy atom. The van der Waals surface area contributed by atoms with Crippen LogP contribution in [0, 0.1) is 0 Å². The number of aromatic nitrogens is 6. The van der Waals surface area contributed by atoms with Crippen LogP contribution in [0.3, 0.4) is 0 Å². The van der Waals surface area contributed by atoms with Crippen molar-refractivity contribution in [2.24, 2.45) is 0 Å². The minimum Gasteiger partial charge on any atom is -0.278 e. The Bertz CT molecular complexity index is 4630. The summed E-state index contributed by atoms with van der Waals surface area (Å²) in [5, 5.41) is 10.3.